The van der Waals surface area contributed by atoms with Gasteiger partial charge in [-0.15, -0.1) is 0 Å². The van der Waals surface area contributed by atoms with Crippen LogP contribution in [0.4, 0.5) is 0 Å². The quantitative estimate of drug-likeness (QED) is 0.776. The zero-order valence-electron chi connectivity index (χ0n) is 11.3. The maximum absolute atomic E-state index is 5.80. The minimum absolute atomic E-state index is 0.685. The normalized spacial score (nSPS) is 35.7. The second-order valence-corrected chi connectivity index (χ2v) is 7.29. The van der Waals surface area contributed by atoms with E-state index >= 15 is 0 Å². The molecule has 0 saturated heterocycles. The Balaban J connectivity index is 1.60. The summed E-state index contributed by atoms with van der Waals surface area (Å²) in [5, 5.41) is 0. The smallest absolute Gasteiger partial charge is 0.0870 e. The molecule has 0 amide bonds. The zero-order chi connectivity index (χ0) is 12.5. The van der Waals surface area contributed by atoms with Gasteiger partial charge in [-0.3, -0.25) is 4.90 Å². The van der Waals surface area contributed by atoms with Gasteiger partial charge in [0.05, 0.1) is 4.99 Å². The lowest BCUT2D eigenvalue weighted by molar-refractivity contribution is 0.162. The Morgan fingerprint density at radius 2 is 1.89 bits per heavy atom. The lowest BCUT2D eigenvalue weighted by Gasteiger charge is -2.33. The van der Waals surface area contributed by atoms with E-state index in [1.807, 2.05) is 0 Å². The number of nitrogens with two attached hydrogens (primary N) is 1. The predicted octanol–water partition coefficient (Wildman–Crippen LogP) is 2.95. The molecule has 3 aliphatic carbocycles. The van der Waals surface area contributed by atoms with Crippen LogP contribution in [0.1, 0.15) is 51.4 Å². The van der Waals surface area contributed by atoms with Gasteiger partial charge in [0.15, 0.2) is 0 Å². The van der Waals surface area contributed by atoms with Gasteiger partial charge in [-0.05, 0) is 49.9 Å². The summed E-state index contributed by atoms with van der Waals surface area (Å²) < 4.78 is 0. The first kappa shape index (κ1) is 12.9. The summed E-state index contributed by atoms with van der Waals surface area (Å²) in [7, 11) is 0. The molecule has 2 bridgehead atoms. The molecule has 0 aromatic rings. The van der Waals surface area contributed by atoms with Crippen molar-refractivity contribution in [3.63, 3.8) is 0 Å². The molecule has 102 valence electrons. The maximum atomic E-state index is 5.80. The van der Waals surface area contributed by atoms with E-state index in [9.17, 15) is 0 Å². The van der Waals surface area contributed by atoms with Gasteiger partial charge in [0.25, 0.3) is 0 Å². The average Bonchev–Trinajstić information content (AvgIpc) is 3.05. The molecule has 3 saturated carbocycles. The van der Waals surface area contributed by atoms with Gasteiger partial charge in [-0.1, -0.05) is 31.5 Å². The van der Waals surface area contributed by atoms with E-state index in [1.54, 1.807) is 0 Å². The molecule has 0 radical (unpaired) electrons. The van der Waals surface area contributed by atoms with E-state index in [2.05, 4.69) is 4.90 Å². The van der Waals surface area contributed by atoms with Gasteiger partial charge in [-0.25, -0.2) is 0 Å². The van der Waals surface area contributed by atoms with Crippen LogP contribution in [0, 0.1) is 17.8 Å². The molecular formula is C15H26N2S. The molecule has 2 N–H and O–H groups in total. The van der Waals surface area contributed by atoms with Crippen LogP contribution in [0.2, 0.25) is 0 Å². The fourth-order valence-corrected chi connectivity index (χ4v) is 4.88. The molecule has 3 fully saturated rings. The fourth-order valence-electron chi connectivity index (χ4n) is 4.71. The Kier molecular flexibility index (Phi) is 3.90. The Morgan fingerprint density at radius 3 is 2.44 bits per heavy atom. The van der Waals surface area contributed by atoms with Crippen LogP contribution in [0.3, 0.4) is 0 Å². The summed E-state index contributed by atoms with van der Waals surface area (Å²) in [5.41, 5.74) is 5.80. The van der Waals surface area contributed by atoms with Crippen molar-refractivity contribution in [1.29, 1.82) is 0 Å². The van der Waals surface area contributed by atoms with Crippen molar-refractivity contribution in [1.82, 2.24) is 4.90 Å². The van der Waals surface area contributed by atoms with E-state index < -0.39 is 0 Å². The topological polar surface area (TPSA) is 29.3 Å². The van der Waals surface area contributed by atoms with Gasteiger partial charge in [0.1, 0.15) is 0 Å². The predicted molar refractivity (Wildman–Crippen MR) is 79.6 cm³/mol. The molecule has 3 rings (SSSR count). The molecular weight excluding hydrogens is 240 g/mol. The van der Waals surface area contributed by atoms with Gasteiger partial charge < -0.3 is 5.73 Å². The Bertz CT molecular complexity index is 312. The van der Waals surface area contributed by atoms with Gasteiger partial charge in [0.2, 0.25) is 0 Å². The molecule has 3 heteroatoms. The first-order valence-corrected chi connectivity index (χ1v) is 8.15. The van der Waals surface area contributed by atoms with Crippen molar-refractivity contribution < 1.29 is 0 Å². The van der Waals surface area contributed by atoms with E-state index in [0.29, 0.717) is 4.99 Å². The monoisotopic (exact) mass is 266 g/mol. The first-order valence-electron chi connectivity index (χ1n) is 7.74. The molecule has 0 aromatic heterocycles. The van der Waals surface area contributed by atoms with Crippen LogP contribution in [-0.2, 0) is 0 Å². The molecule has 3 unspecified atom stereocenters. The first-order chi connectivity index (χ1) is 8.72. The number of rotatable bonds is 5. The van der Waals surface area contributed by atoms with E-state index in [-0.39, 0.29) is 0 Å². The maximum Gasteiger partial charge on any atom is 0.0870 e. The van der Waals surface area contributed by atoms with Crippen LogP contribution in [0.25, 0.3) is 0 Å². The van der Waals surface area contributed by atoms with E-state index in [0.717, 1.165) is 30.3 Å². The third kappa shape index (κ3) is 2.72. The molecule has 2 nitrogen and oxygen atoms in total. The molecule has 0 aromatic carbocycles. The number of fused-ring (bicyclic) bond motifs is 2. The highest BCUT2D eigenvalue weighted by atomic mass is 32.1. The summed E-state index contributed by atoms with van der Waals surface area (Å²) in [4.78, 5) is 3.31. The highest BCUT2D eigenvalue weighted by Gasteiger charge is 2.40. The van der Waals surface area contributed by atoms with Crippen LogP contribution in [-0.4, -0.2) is 29.0 Å². The standard InChI is InChI=1S/C15H26N2S/c16-15(18)10-17(14-3-1-2-4-14)9-13-8-11-5-6-12(13)7-11/h11-14H,1-10H2,(H2,16,18). The minimum atomic E-state index is 0.685. The van der Waals surface area contributed by atoms with Crippen molar-refractivity contribution in [2.24, 2.45) is 23.5 Å². The van der Waals surface area contributed by atoms with Crippen molar-refractivity contribution in [3.05, 3.63) is 0 Å². The van der Waals surface area contributed by atoms with Crippen molar-refractivity contribution in [2.75, 3.05) is 13.1 Å². The molecule has 3 atom stereocenters. The second kappa shape index (κ2) is 5.46. The van der Waals surface area contributed by atoms with Gasteiger partial charge in [0, 0.05) is 19.1 Å². The molecule has 3 aliphatic rings. The van der Waals surface area contributed by atoms with Gasteiger partial charge in [-0.2, -0.15) is 0 Å². The highest BCUT2D eigenvalue weighted by Crippen LogP contribution is 2.48. The van der Waals surface area contributed by atoms with Crippen LogP contribution < -0.4 is 5.73 Å². The third-order valence-corrected chi connectivity index (χ3v) is 5.68. The van der Waals surface area contributed by atoms with Crippen LogP contribution in [0.5, 0.6) is 0 Å². The van der Waals surface area contributed by atoms with Crippen LogP contribution >= 0.6 is 12.2 Å². The molecule has 0 aliphatic heterocycles. The number of hydrogen-bond acceptors (Lipinski definition) is 2. The number of nitrogens with zero attached hydrogens (tertiary/aromatic N) is 1. The third-order valence-electron chi connectivity index (χ3n) is 5.55. The lowest BCUT2D eigenvalue weighted by Crippen LogP contribution is -2.43. The van der Waals surface area contributed by atoms with E-state index in [1.165, 1.54) is 57.9 Å². The molecule has 0 heterocycles. The summed E-state index contributed by atoms with van der Waals surface area (Å²) >= 11 is 5.15. The zero-order valence-corrected chi connectivity index (χ0v) is 12.1. The average molecular weight is 266 g/mol. The summed E-state index contributed by atoms with van der Waals surface area (Å²) in [6.45, 7) is 2.12. The van der Waals surface area contributed by atoms with Crippen molar-refractivity contribution in [2.45, 2.75) is 57.4 Å². The fraction of sp³-hybridized carbons (Fsp3) is 0.933. The van der Waals surface area contributed by atoms with Gasteiger partial charge >= 0.3 is 0 Å². The SMILES string of the molecule is NC(=S)CN(CC1CC2CCC1C2)C1CCCC1. The number of hydrogen-bond donors (Lipinski definition) is 1. The summed E-state index contributed by atoms with van der Waals surface area (Å²) in [6.07, 6.45) is 11.5. The minimum Gasteiger partial charge on any atom is -0.392 e. The van der Waals surface area contributed by atoms with Crippen molar-refractivity contribution >= 4 is 17.2 Å². The number of thiocarbonyl (C=S) groups is 1. The van der Waals surface area contributed by atoms with Crippen molar-refractivity contribution in [3.8, 4) is 0 Å². The van der Waals surface area contributed by atoms with E-state index in [4.69, 9.17) is 18.0 Å². The molecule has 18 heavy (non-hydrogen) atoms. The Hall–Kier alpha value is -0.150. The summed E-state index contributed by atoms with van der Waals surface area (Å²) in [6, 6.07) is 0.769. The second-order valence-electron chi connectivity index (χ2n) is 6.77. The Morgan fingerprint density at radius 1 is 1.11 bits per heavy atom. The summed E-state index contributed by atoms with van der Waals surface area (Å²) in [5.74, 6) is 3.01. The van der Waals surface area contributed by atoms with Crippen LogP contribution in [0.15, 0.2) is 0 Å². The lowest BCUT2D eigenvalue weighted by atomic mass is 9.88. The highest BCUT2D eigenvalue weighted by molar-refractivity contribution is 7.80. The largest absolute Gasteiger partial charge is 0.392 e. The Labute approximate surface area is 116 Å². The molecule has 0 spiro atoms.